The summed E-state index contributed by atoms with van der Waals surface area (Å²) in [5.74, 6) is 2.91. The van der Waals surface area contributed by atoms with E-state index in [2.05, 4.69) is 89.6 Å². The van der Waals surface area contributed by atoms with Crippen LogP contribution in [0.15, 0.2) is 58.5 Å². The maximum atomic E-state index is 13.1. The van der Waals surface area contributed by atoms with E-state index in [1.165, 1.54) is 20.9 Å². The number of ether oxygens (including phenoxy) is 1. The van der Waals surface area contributed by atoms with Crippen LogP contribution in [-0.4, -0.2) is 153 Å². The van der Waals surface area contributed by atoms with Gasteiger partial charge >= 0.3 is 0 Å². The highest BCUT2D eigenvalue weighted by Crippen LogP contribution is 2.41. The van der Waals surface area contributed by atoms with Gasteiger partial charge in [-0.25, -0.2) is 0 Å². The summed E-state index contributed by atoms with van der Waals surface area (Å²) in [6.07, 6.45) is 1.35. The fourth-order valence-electron chi connectivity index (χ4n) is 9.54. The van der Waals surface area contributed by atoms with Crippen molar-refractivity contribution in [3.05, 3.63) is 125 Å². The number of fused-ring (bicyclic) bond motifs is 6. The topological polar surface area (TPSA) is 163 Å². The van der Waals surface area contributed by atoms with Crippen molar-refractivity contribution in [2.45, 2.75) is 72.9 Å². The molecule has 8 heterocycles. The molecule has 4 aliphatic heterocycles. The second kappa shape index (κ2) is 22.9. The fraction of sp³-hybridized carbons (Fsp3) is 0.462. The summed E-state index contributed by atoms with van der Waals surface area (Å²) < 4.78 is 9.55. The average molecular weight is 1050 g/mol. The Bertz CT molecular complexity index is 2960. The van der Waals surface area contributed by atoms with Gasteiger partial charge in [0.2, 0.25) is 11.8 Å². The first kappa shape index (κ1) is 51.7. The van der Waals surface area contributed by atoms with E-state index in [-0.39, 0.29) is 24.7 Å². The molecule has 2 N–H and O–H groups in total. The maximum absolute atomic E-state index is 13.1. The normalized spacial score (nSPS) is 18.1. The molecule has 0 unspecified atom stereocenters. The Morgan fingerprint density at radius 2 is 1.06 bits per heavy atom. The van der Waals surface area contributed by atoms with Gasteiger partial charge in [-0.3, -0.25) is 33.6 Å². The molecular weight excluding hydrogens is 990 g/mol. The molecule has 2 atom stereocenters. The number of thiophene rings is 2. The number of aryl methyl sites for hydroxylation is 4. The first-order valence-corrected chi connectivity index (χ1v) is 27.1. The Labute approximate surface area is 439 Å². The van der Waals surface area contributed by atoms with Gasteiger partial charge in [0, 0.05) is 101 Å². The van der Waals surface area contributed by atoms with Crippen LogP contribution in [0.25, 0.3) is 10.0 Å². The lowest BCUT2D eigenvalue weighted by Crippen LogP contribution is -2.45. The van der Waals surface area contributed by atoms with Gasteiger partial charge in [0.25, 0.3) is 0 Å². The van der Waals surface area contributed by atoms with Crippen LogP contribution in [0.2, 0.25) is 10.0 Å². The second-order valence-electron chi connectivity index (χ2n) is 18.9. The molecule has 16 nitrogen and oxygen atoms in total. The van der Waals surface area contributed by atoms with Crippen LogP contribution in [0.5, 0.6) is 0 Å². The summed E-state index contributed by atoms with van der Waals surface area (Å²) in [4.78, 5) is 46.0. The minimum absolute atomic E-state index is 0.0204. The van der Waals surface area contributed by atoms with Gasteiger partial charge < -0.3 is 25.2 Å². The summed E-state index contributed by atoms with van der Waals surface area (Å²) in [6.45, 7) is 23.1. The third-order valence-electron chi connectivity index (χ3n) is 13.9. The molecular formula is C52H63Cl2N13O3S2. The van der Waals surface area contributed by atoms with Crippen molar-refractivity contribution in [1.82, 2.24) is 54.9 Å². The van der Waals surface area contributed by atoms with E-state index in [0.717, 1.165) is 127 Å². The van der Waals surface area contributed by atoms with E-state index >= 15 is 0 Å². The molecule has 10 rings (SSSR count). The number of likely N-dealkylation sites (N-methyl/N-ethyl adjacent to an activating group) is 1. The van der Waals surface area contributed by atoms with E-state index in [1.807, 2.05) is 62.4 Å². The molecule has 6 aromatic rings. The Morgan fingerprint density at radius 3 is 1.53 bits per heavy atom. The van der Waals surface area contributed by atoms with Crippen molar-refractivity contribution < 1.29 is 14.3 Å². The largest absolute Gasteiger partial charge is 0.379 e. The van der Waals surface area contributed by atoms with E-state index in [9.17, 15) is 9.59 Å². The fourth-order valence-corrected chi connectivity index (χ4v) is 12.2. The van der Waals surface area contributed by atoms with E-state index in [1.54, 1.807) is 22.7 Å². The van der Waals surface area contributed by atoms with E-state index in [0.29, 0.717) is 34.8 Å². The molecule has 0 aliphatic carbocycles. The number of halogens is 2. The third kappa shape index (κ3) is 11.5. The summed E-state index contributed by atoms with van der Waals surface area (Å²) in [5, 5.41) is 27.3. The summed E-state index contributed by atoms with van der Waals surface area (Å²) in [5.41, 5.74) is 8.15. The Kier molecular flexibility index (Phi) is 16.5. The molecule has 2 amide bonds. The van der Waals surface area contributed by atoms with Crippen LogP contribution < -0.4 is 10.6 Å². The number of morpholine rings is 1. The number of hydrogen-bond donors (Lipinski definition) is 2. The summed E-state index contributed by atoms with van der Waals surface area (Å²) in [6, 6.07) is 14.6. The average Bonchev–Trinajstić information content (AvgIpc) is 4.06. The van der Waals surface area contributed by atoms with Gasteiger partial charge in [-0.1, -0.05) is 47.5 Å². The van der Waals surface area contributed by atoms with Crippen LogP contribution in [0.1, 0.15) is 97.8 Å². The summed E-state index contributed by atoms with van der Waals surface area (Å²) >= 11 is 15.8. The Hall–Kier alpha value is -5.18. The Balaban J connectivity index is 0.000000178. The number of rotatable bonds is 13. The number of hydrogen-bond acceptors (Lipinski definition) is 14. The van der Waals surface area contributed by atoms with Crippen LogP contribution in [-0.2, 0) is 14.3 Å². The number of piperazine rings is 1. The quantitative estimate of drug-likeness (QED) is 0.110. The van der Waals surface area contributed by atoms with Gasteiger partial charge in [-0.2, -0.15) is 0 Å². The lowest BCUT2D eigenvalue weighted by Gasteiger charge is -2.32. The molecule has 2 saturated heterocycles. The molecule has 2 aromatic carbocycles. The number of benzene rings is 2. The number of carbonyl (C=O) groups is 2. The van der Waals surface area contributed by atoms with Crippen LogP contribution in [0, 0.1) is 41.5 Å². The SMILES string of the molecule is Cc1sc2c(c1C)C(c1ccc(Cl)cc1)=N[C@@H](CC(=O)NCCCN1CCN(C)CC1)c1nnc(C)n1-2.Cc1sc2c(c1C)C(c1ccc(Cl)cc1)=N[C@@H](CC(=O)NCCN1CCOCC1)c1nnc(C)n1-2. The van der Waals surface area contributed by atoms with Crippen molar-refractivity contribution in [3.63, 3.8) is 0 Å². The third-order valence-corrected chi connectivity index (χ3v) is 16.8. The predicted molar refractivity (Wildman–Crippen MR) is 288 cm³/mol. The van der Waals surface area contributed by atoms with Gasteiger partial charge in [-0.05, 0) is 96.9 Å². The lowest BCUT2D eigenvalue weighted by molar-refractivity contribution is -0.122. The van der Waals surface area contributed by atoms with Crippen LogP contribution >= 0.6 is 45.9 Å². The first-order valence-electron chi connectivity index (χ1n) is 24.7. The molecule has 0 radical (unpaired) electrons. The number of aliphatic imine (C=N–C) groups is 2. The number of nitrogens with zero attached hydrogens (tertiary/aromatic N) is 11. The number of nitrogens with one attached hydrogen (secondary N) is 2. The molecule has 72 heavy (non-hydrogen) atoms. The second-order valence-corrected chi connectivity index (χ2v) is 22.1. The van der Waals surface area contributed by atoms with Crippen LogP contribution in [0.3, 0.4) is 0 Å². The number of amides is 2. The molecule has 4 aromatic heterocycles. The van der Waals surface area contributed by atoms with Crippen molar-refractivity contribution in [2.75, 3.05) is 85.7 Å². The molecule has 0 spiro atoms. The molecule has 0 bridgehead atoms. The van der Waals surface area contributed by atoms with Crippen molar-refractivity contribution in [3.8, 4) is 10.0 Å². The Morgan fingerprint density at radius 1 is 0.611 bits per heavy atom. The first-order chi connectivity index (χ1) is 34.7. The van der Waals surface area contributed by atoms with Crippen molar-refractivity contribution >= 4 is 69.1 Å². The van der Waals surface area contributed by atoms with Gasteiger partial charge in [0.1, 0.15) is 33.7 Å². The monoisotopic (exact) mass is 1050 g/mol. The molecule has 380 valence electrons. The minimum atomic E-state index is -0.454. The zero-order valence-corrected chi connectivity index (χ0v) is 45.2. The number of carbonyl (C=O) groups excluding carboxylic acids is 2. The van der Waals surface area contributed by atoms with Crippen molar-refractivity contribution in [1.29, 1.82) is 0 Å². The van der Waals surface area contributed by atoms with Crippen molar-refractivity contribution in [2.24, 2.45) is 9.98 Å². The zero-order valence-electron chi connectivity index (χ0n) is 42.1. The highest BCUT2D eigenvalue weighted by molar-refractivity contribution is 7.15. The van der Waals surface area contributed by atoms with Crippen LogP contribution in [0.4, 0.5) is 0 Å². The summed E-state index contributed by atoms with van der Waals surface area (Å²) in [7, 11) is 2.16. The van der Waals surface area contributed by atoms with E-state index in [4.69, 9.17) is 37.9 Å². The highest BCUT2D eigenvalue weighted by atomic mass is 35.5. The van der Waals surface area contributed by atoms with Gasteiger partial charge in [0.05, 0.1) is 37.5 Å². The predicted octanol–water partition coefficient (Wildman–Crippen LogP) is 7.58. The number of aromatic nitrogens is 6. The molecule has 4 aliphatic rings. The van der Waals surface area contributed by atoms with Gasteiger partial charge in [0.15, 0.2) is 11.6 Å². The standard InChI is InChI=1S/C27H34ClN7OS.C25H29ClN6O2S/c1-17-18(2)37-27-24(17)25(20-6-8-21(28)9-7-20)30-22(26-32-31-19(3)35(26)27)16-23(36)29-10-5-11-34-14-12-33(4)13-15-34;1-15-16(2)35-25-22(15)23(18-4-6-19(26)7-5-18)28-20(24-30-29-17(3)32(24)25)14-21(33)27-8-9-31-10-12-34-13-11-31/h6-9,22H,5,10-16H2,1-4H3,(H,29,36);4-7,20H,8-14H2,1-3H3,(H,27,33)/t22-;20-/m00/s1. The zero-order chi connectivity index (χ0) is 50.6. The highest BCUT2D eigenvalue weighted by Gasteiger charge is 2.34. The minimum Gasteiger partial charge on any atom is -0.379 e. The van der Waals surface area contributed by atoms with Gasteiger partial charge in [-0.15, -0.1) is 43.1 Å². The lowest BCUT2D eigenvalue weighted by atomic mass is 9.99. The van der Waals surface area contributed by atoms with E-state index < -0.39 is 12.1 Å². The molecule has 2 fully saturated rings. The molecule has 0 saturated carbocycles. The maximum Gasteiger partial charge on any atom is 0.222 e. The smallest absolute Gasteiger partial charge is 0.222 e. The molecule has 20 heteroatoms.